The number of rotatable bonds is 3. The van der Waals surface area contributed by atoms with Gasteiger partial charge >= 0.3 is 0 Å². The molecular formula is C9H10F3NO. The van der Waals surface area contributed by atoms with Crippen LogP contribution >= 0.6 is 0 Å². The summed E-state index contributed by atoms with van der Waals surface area (Å²) < 4.78 is 43.0. The Bertz CT molecular complexity index is 330. The summed E-state index contributed by atoms with van der Waals surface area (Å²) in [5.41, 5.74) is 5.38. The topological polar surface area (TPSA) is 35.2 Å². The summed E-state index contributed by atoms with van der Waals surface area (Å²) in [5.74, 6) is -3.99. The van der Waals surface area contributed by atoms with Crippen molar-refractivity contribution >= 4 is 0 Å². The first-order valence-corrected chi connectivity index (χ1v) is 3.95. The molecule has 0 unspecified atom stereocenters. The van der Waals surface area contributed by atoms with Crippen LogP contribution in [0.25, 0.3) is 0 Å². The van der Waals surface area contributed by atoms with Crippen molar-refractivity contribution in [2.24, 2.45) is 5.73 Å². The van der Waals surface area contributed by atoms with E-state index in [4.69, 9.17) is 5.73 Å². The van der Waals surface area contributed by atoms with E-state index in [2.05, 4.69) is 4.74 Å². The maximum Gasteiger partial charge on any atom is 0.194 e. The van der Waals surface area contributed by atoms with Gasteiger partial charge < -0.3 is 10.5 Å². The number of hydrogen-bond acceptors (Lipinski definition) is 2. The molecule has 0 saturated heterocycles. The lowest BCUT2D eigenvalue weighted by atomic mass is 10.1. The van der Waals surface area contributed by atoms with Crippen LogP contribution in [0.2, 0.25) is 0 Å². The van der Waals surface area contributed by atoms with Crippen molar-refractivity contribution < 1.29 is 17.9 Å². The van der Waals surface area contributed by atoms with E-state index in [1.807, 2.05) is 0 Å². The average molecular weight is 205 g/mol. The fraction of sp³-hybridized carbons (Fsp3) is 0.333. The van der Waals surface area contributed by atoms with E-state index in [1.54, 1.807) is 0 Å². The van der Waals surface area contributed by atoms with Crippen LogP contribution in [-0.4, -0.2) is 13.7 Å². The molecule has 0 radical (unpaired) electrons. The van der Waals surface area contributed by atoms with Crippen molar-refractivity contribution in [1.82, 2.24) is 0 Å². The van der Waals surface area contributed by atoms with Gasteiger partial charge in [0.2, 0.25) is 0 Å². The van der Waals surface area contributed by atoms with Crippen molar-refractivity contribution in [3.05, 3.63) is 35.1 Å². The SMILES string of the molecule is COC[C@H](N)c1ccc(F)c(F)c1F. The number of benzene rings is 1. The standard InChI is InChI=1S/C9H10F3NO/c1-14-4-7(13)5-2-3-6(10)9(12)8(5)11/h2-3,7H,4,13H2,1H3/t7-/m0/s1. The van der Waals surface area contributed by atoms with Crippen molar-refractivity contribution in [2.45, 2.75) is 6.04 Å². The van der Waals surface area contributed by atoms with Crippen LogP contribution in [0.5, 0.6) is 0 Å². The van der Waals surface area contributed by atoms with Crippen molar-refractivity contribution in [2.75, 3.05) is 13.7 Å². The zero-order valence-corrected chi connectivity index (χ0v) is 7.56. The highest BCUT2D eigenvalue weighted by molar-refractivity contribution is 5.23. The van der Waals surface area contributed by atoms with Gasteiger partial charge in [-0.15, -0.1) is 0 Å². The van der Waals surface area contributed by atoms with Gasteiger partial charge in [-0.05, 0) is 6.07 Å². The second-order valence-electron chi connectivity index (χ2n) is 2.83. The van der Waals surface area contributed by atoms with Crippen molar-refractivity contribution in [3.8, 4) is 0 Å². The van der Waals surface area contributed by atoms with Crippen molar-refractivity contribution in [1.29, 1.82) is 0 Å². The third kappa shape index (κ3) is 2.05. The molecular weight excluding hydrogens is 195 g/mol. The minimum Gasteiger partial charge on any atom is -0.383 e. The van der Waals surface area contributed by atoms with Gasteiger partial charge in [-0.25, -0.2) is 13.2 Å². The Morgan fingerprint density at radius 1 is 1.29 bits per heavy atom. The lowest BCUT2D eigenvalue weighted by Gasteiger charge is -2.11. The number of ether oxygens (including phenoxy) is 1. The van der Waals surface area contributed by atoms with Gasteiger partial charge in [0.25, 0.3) is 0 Å². The lowest BCUT2D eigenvalue weighted by Crippen LogP contribution is -2.18. The molecule has 2 nitrogen and oxygen atoms in total. The summed E-state index contributed by atoms with van der Waals surface area (Å²) in [6.45, 7) is 0.0436. The second kappa shape index (κ2) is 4.43. The van der Waals surface area contributed by atoms with E-state index in [0.717, 1.165) is 12.1 Å². The molecule has 5 heteroatoms. The highest BCUT2D eigenvalue weighted by Gasteiger charge is 2.17. The van der Waals surface area contributed by atoms with Crippen LogP contribution < -0.4 is 5.73 Å². The third-order valence-electron chi connectivity index (χ3n) is 1.81. The Morgan fingerprint density at radius 2 is 1.93 bits per heavy atom. The molecule has 0 aromatic heterocycles. The third-order valence-corrected chi connectivity index (χ3v) is 1.81. The molecule has 0 heterocycles. The number of methoxy groups -OCH3 is 1. The lowest BCUT2D eigenvalue weighted by molar-refractivity contribution is 0.179. The smallest absolute Gasteiger partial charge is 0.194 e. The molecule has 0 saturated carbocycles. The van der Waals surface area contributed by atoms with Gasteiger partial charge in [0.1, 0.15) is 0 Å². The molecule has 1 atom stereocenters. The van der Waals surface area contributed by atoms with Gasteiger partial charge in [-0.1, -0.05) is 6.07 Å². The van der Waals surface area contributed by atoms with E-state index in [0.29, 0.717) is 0 Å². The first kappa shape index (κ1) is 11.0. The molecule has 2 N–H and O–H groups in total. The predicted molar refractivity (Wildman–Crippen MR) is 45.1 cm³/mol. The summed E-state index contributed by atoms with van der Waals surface area (Å²) >= 11 is 0. The summed E-state index contributed by atoms with van der Waals surface area (Å²) in [4.78, 5) is 0. The van der Waals surface area contributed by atoms with E-state index in [9.17, 15) is 13.2 Å². The summed E-state index contributed by atoms with van der Waals surface area (Å²) in [6.07, 6.45) is 0. The quantitative estimate of drug-likeness (QED) is 0.763. The molecule has 0 aliphatic carbocycles. The zero-order chi connectivity index (χ0) is 10.7. The van der Waals surface area contributed by atoms with E-state index in [1.165, 1.54) is 7.11 Å². The van der Waals surface area contributed by atoms with Crippen LogP contribution in [0.3, 0.4) is 0 Å². The Hall–Kier alpha value is -1.07. The van der Waals surface area contributed by atoms with Crippen LogP contribution in [-0.2, 0) is 4.74 Å². The number of halogens is 3. The van der Waals surface area contributed by atoms with Crippen LogP contribution in [0.15, 0.2) is 12.1 Å². The molecule has 1 aromatic carbocycles. The van der Waals surface area contributed by atoms with Crippen LogP contribution in [0, 0.1) is 17.5 Å². The van der Waals surface area contributed by atoms with Crippen LogP contribution in [0.1, 0.15) is 11.6 Å². The summed E-state index contributed by atoms with van der Waals surface area (Å²) in [5, 5.41) is 0. The second-order valence-corrected chi connectivity index (χ2v) is 2.83. The minimum atomic E-state index is -1.51. The maximum absolute atomic E-state index is 13.1. The van der Waals surface area contributed by atoms with E-state index < -0.39 is 23.5 Å². The number of hydrogen-bond donors (Lipinski definition) is 1. The monoisotopic (exact) mass is 205 g/mol. The van der Waals surface area contributed by atoms with Crippen molar-refractivity contribution in [3.63, 3.8) is 0 Å². The molecule has 1 rings (SSSR count). The Balaban J connectivity index is 3.04. The zero-order valence-electron chi connectivity index (χ0n) is 7.56. The maximum atomic E-state index is 13.1. The van der Waals surface area contributed by atoms with Gasteiger partial charge in [-0.2, -0.15) is 0 Å². The average Bonchev–Trinajstić information content (AvgIpc) is 2.15. The molecule has 0 bridgehead atoms. The fourth-order valence-corrected chi connectivity index (χ4v) is 1.10. The first-order chi connectivity index (χ1) is 6.57. The molecule has 78 valence electrons. The summed E-state index contributed by atoms with van der Waals surface area (Å²) in [7, 11) is 1.39. The fourth-order valence-electron chi connectivity index (χ4n) is 1.10. The molecule has 14 heavy (non-hydrogen) atoms. The molecule has 0 aliphatic heterocycles. The normalized spacial score (nSPS) is 12.9. The van der Waals surface area contributed by atoms with E-state index >= 15 is 0 Å². The highest BCUT2D eigenvalue weighted by atomic mass is 19.2. The molecule has 1 aromatic rings. The predicted octanol–water partition coefficient (Wildman–Crippen LogP) is 1.75. The first-order valence-electron chi connectivity index (χ1n) is 3.95. The van der Waals surface area contributed by atoms with Gasteiger partial charge in [0.15, 0.2) is 17.5 Å². The highest BCUT2D eigenvalue weighted by Crippen LogP contribution is 2.19. The molecule has 0 spiro atoms. The molecule has 0 aliphatic rings. The largest absolute Gasteiger partial charge is 0.383 e. The minimum absolute atomic E-state index is 0.0436. The van der Waals surface area contributed by atoms with Gasteiger partial charge in [-0.3, -0.25) is 0 Å². The molecule has 0 fully saturated rings. The van der Waals surface area contributed by atoms with Gasteiger partial charge in [0.05, 0.1) is 12.6 Å². The Morgan fingerprint density at radius 3 is 2.50 bits per heavy atom. The van der Waals surface area contributed by atoms with Crippen LogP contribution in [0.4, 0.5) is 13.2 Å². The number of nitrogens with two attached hydrogens (primary N) is 1. The Labute approximate surface area is 79.5 Å². The van der Waals surface area contributed by atoms with E-state index in [-0.39, 0.29) is 12.2 Å². The summed E-state index contributed by atoms with van der Waals surface area (Å²) in [6, 6.07) is 1.15. The Kier molecular flexibility index (Phi) is 3.49. The van der Waals surface area contributed by atoms with Gasteiger partial charge in [0, 0.05) is 12.7 Å². The molecule has 0 amide bonds.